The zero-order valence-electron chi connectivity index (χ0n) is 11.6. The van der Waals surface area contributed by atoms with Crippen LogP contribution in [-0.2, 0) is 6.42 Å². The van der Waals surface area contributed by atoms with E-state index in [1.54, 1.807) is 0 Å². The van der Waals surface area contributed by atoms with Gasteiger partial charge >= 0.3 is 0 Å². The fourth-order valence-corrected chi connectivity index (χ4v) is 2.17. The van der Waals surface area contributed by atoms with Crippen LogP contribution in [0.1, 0.15) is 48.5 Å². The van der Waals surface area contributed by atoms with E-state index in [0.717, 1.165) is 18.7 Å². The van der Waals surface area contributed by atoms with Gasteiger partial charge in [0.25, 0.3) is 0 Å². The Hall–Kier alpha value is -1.68. The molecule has 1 atom stereocenters. The summed E-state index contributed by atoms with van der Waals surface area (Å²) < 4.78 is 5.34. The van der Waals surface area contributed by atoms with Crippen molar-refractivity contribution in [2.24, 2.45) is 5.73 Å². The fourth-order valence-electron chi connectivity index (χ4n) is 2.17. The zero-order valence-corrected chi connectivity index (χ0v) is 11.6. The molecule has 2 aromatic rings. The van der Waals surface area contributed by atoms with E-state index in [1.165, 1.54) is 11.1 Å². The van der Waals surface area contributed by atoms with Crippen LogP contribution in [0.15, 0.2) is 28.8 Å². The van der Waals surface area contributed by atoms with Gasteiger partial charge in [-0.2, -0.15) is 4.98 Å². The van der Waals surface area contributed by atoms with Crippen LogP contribution in [0.5, 0.6) is 0 Å². The highest BCUT2D eigenvalue weighted by Gasteiger charge is 2.17. The third-order valence-electron chi connectivity index (χ3n) is 3.36. The fraction of sp³-hybridized carbons (Fsp3) is 0.467. The maximum absolute atomic E-state index is 5.75. The number of nitrogens with zero attached hydrogens (tertiary/aromatic N) is 2. The second-order valence-electron chi connectivity index (χ2n) is 4.87. The average molecular weight is 259 g/mol. The molecule has 0 fully saturated rings. The van der Waals surface area contributed by atoms with Crippen LogP contribution < -0.4 is 5.73 Å². The van der Waals surface area contributed by atoms with Gasteiger partial charge in [0, 0.05) is 13.0 Å². The molecule has 1 unspecified atom stereocenters. The van der Waals surface area contributed by atoms with E-state index in [2.05, 4.69) is 36.1 Å². The Kier molecular flexibility index (Phi) is 4.68. The van der Waals surface area contributed by atoms with Crippen molar-refractivity contribution in [1.82, 2.24) is 10.1 Å². The lowest BCUT2D eigenvalue weighted by molar-refractivity contribution is 0.344. The van der Waals surface area contributed by atoms with Gasteiger partial charge in [0.15, 0.2) is 5.82 Å². The molecule has 19 heavy (non-hydrogen) atoms. The highest BCUT2D eigenvalue weighted by atomic mass is 16.5. The molecular weight excluding hydrogens is 238 g/mol. The van der Waals surface area contributed by atoms with Crippen LogP contribution in [0.4, 0.5) is 0 Å². The monoisotopic (exact) mass is 259 g/mol. The predicted octanol–water partition coefficient (Wildman–Crippen LogP) is 2.81. The lowest BCUT2D eigenvalue weighted by Crippen LogP contribution is -2.12. The van der Waals surface area contributed by atoms with E-state index >= 15 is 0 Å². The molecule has 0 saturated heterocycles. The van der Waals surface area contributed by atoms with Crippen LogP contribution >= 0.6 is 0 Å². The Balaban J connectivity index is 2.11. The summed E-state index contributed by atoms with van der Waals surface area (Å²) in [5.41, 5.74) is 8.23. The molecule has 1 heterocycles. The van der Waals surface area contributed by atoms with Gasteiger partial charge < -0.3 is 10.3 Å². The number of aromatic nitrogens is 2. The molecule has 0 aliphatic rings. The van der Waals surface area contributed by atoms with E-state index < -0.39 is 0 Å². The Morgan fingerprint density at radius 2 is 2.11 bits per heavy atom. The van der Waals surface area contributed by atoms with Crippen molar-refractivity contribution in [2.75, 3.05) is 6.54 Å². The van der Waals surface area contributed by atoms with Crippen molar-refractivity contribution in [3.8, 4) is 0 Å². The third kappa shape index (κ3) is 3.41. The summed E-state index contributed by atoms with van der Waals surface area (Å²) in [4.78, 5) is 4.48. The van der Waals surface area contributed by atoms with Crippen LogP contribution in [0, 0.1) is 6.92 Å². The third-order valence-corrected chi connectivity index (χ3v) is 3.36. The van der Waals surface area contributed by atoms with E-state index in [9.17, 15) is 0 Å². The van der Waals surface area contributed by atoms with Crippen molar-refractivity contribution >= 4 is 0 Å². The van der Waals surface area contributed by atoms with Crippen molar-refractivity contribution in [3.05, 3.63) is 47.1 Å². The first-order valence-electron chi connectivity index (χ1n) is 6.81. The SMILES string of the molecule is CCCC(CN)c1nc(Cc2ccccc2C)no1. The first kappa shape index (κ1) is 13.7. The minimum absolute atomic E-state index is 0.183. The molecule has 0 amide bonds. The van der Waals surface area contributed by atoms with Crippen molar-refractivity contribution in [3.63, 3.8) is 0 Å². The Morgan fingerprint density at radius 3 is 2.79 bits per heavy atom. The van der Waals surface area contributed by atoms with Gasteiger partial charge in [-0.05, 0) is 24.5 Å². The lowest BCUT2D eigenvalue weighted by atomic mass is 10.0. The van der Waals surface area contributed by atoms with Crippen molar-refractivity contribution in [1.29, 1.82) is 0 Å². The summed E-state index contributed by atoms with van der Waals surface area (Å²) in [7, 11) is 0. The highest BCUT2D eigenvalue weighted by molar-refractivity contribution is 5.28. The van der Waals surface area contributed by atoms with Gasteiger partial charge in [0.1, 0.15) is 0 Å². The Labute approximate surface area is 114 Å². The van der Waals surface area contributed by atoms with Crippen LogP contribution in [0.2, 0.25) is 0 Å². The molecule has 0 saturated carbocycles. The summed E-state index contributed by atoms with van der Waals surface area (Å²) in [6.07, 6.45) is 2.76. The maximum atomic E-state index is 5.75. The van der Waals surface area contributed by atoms with Gasteiger partial charge in [-0.3, -0.25) is 0 Å². The molecule has 0 bridgehead atoms. The first-order valence-corrected chi connectivity index (χ1v) is 6.81. The normalized spacial score (nSPS) is 12.6. The van der Waals surface area contributed by atoms with Crippen LogP contribution in [0.3, 0.4) is 0 Å². The summed E-state index contributed by atoms with van der Waals surface area (Å²) in [6, 6.07) is 8.25. The number of aryl methyl sites for hydroxylation is 1. The molecule has 1 aromatic carbocycles. The second kappa shape index (κ2) is 6.48. The second-order valence-corrected chi connectivity index (χ2v) is 4.87. The largest absolute Gasteiger partial charge is 0.339 e. The van der Waals surface area contributed by atoms with Crippen LogP contribution in [-0.4, -0.2) is 16.7 Å². The Morgan fingerprint density at radius 1 is 1.32 bits per heavy atom. The molecule has 2 N–H and O–H groups in total. The summed E-state index contributed by atoms with van der Waals surface area (Å²) in [5.74, 6) is 1.59. The van der Waals surface area contributed by atoms with Gasteiger partial charge in [0.2, 0.25) is 5.89 Å². The zero-order chi connectivity index (χ0) is 13.7. The van der Waals surface area contributed by atoms with Gasteiger partial charge in [0.05, 0.1) is 5.92 Å². The number of nitrogens with two attached hydrogens (primary N) is 1. The summed E-state index contributed by atoms with van der Waals surface area (Å²) in [6.45, 7) is 4.78. The number of benzene rings is 1. The molecule has 4 heteroatoms. The molecule has 102 valence electrons. The van der Waals surface area contributed by atoms with E-state index in [1.807, 2.05) is 12.1 Å². The van der Waals surface area contributed by atoms with Crippen molar-refractivity contribution < 1.29 is 4.52 Å². The number of rotatable bonds is 6. The molecule has 2 rings (SSSR count). The summed E-state index contributed by atoms with van der Waals surface area (Å²) in [5, 5.41) is 4.06. The van der Waals surface area contributed by atoms with E-state index in [0.29, 0.717) is 18.9 Å². The smallest absolute Gasteiger partial charge is 0.231 e. The van der Waals surface area contributed by atoms with Gasteiger partial charge in [-0.25, -0.2) is 0 Å². The standard InChI is InChI=1S/C15H21N3O/c1-3-6-13(10-16)15-17-14(18-19-15)9-12-8-5-4-7-11(12)2/h4-5,7-8,13H,3,6,9-10,16H2,1-2H3. The van der Waals surface area contributed by atoms with Crippen molar-refractivity contribution in [2.45, 2.75) is 39.0 Å². The topological polar surface area (TPSA) is 64.9 Å². The minimum Gasteiger partial charge on any atom is -0.339 e. The maximum Gasteiger partial charge on any atom is 0.231 e. The average Bonchev–Trinajstić information content (AvgIpc) is 2.87. The highest BCUT2D eigenvalue weighted by Crippen LogP contribution is 2.19. The van der Waals surface area contributed by atoms with E-state index in [4.69, 9.17) is 10.3 Å². The Bertz CT molecular complexity index is 522. The molecule has 0 spiro atoms. The predicted molar refractivity (Wildman–Crippen MR) is 75.0 cm³/mol. The molecule has 0 aliphatic carbocycles. The molecular formula is C15H21N3O. The molecule has 0 radical (unpaired) electrons. The molecule has 1 aromatic heterocycles. The summed E-state index contributed by atoms with van der Waals surface area (Å²) >= 11 is 0. The quantitative estimate of drug-likeness (QED) is 0.866. The molecule has 4 nitrogen and oxygen atoms in total. The number of hydrogen-bond acceptors (Lipinski definition) is 4. The number of hydrogen-bond donors (Lipinski definition) is 1. The van der Waals surface area contributed by atoms with Crippen LogP contribution in [0.25, 0.3) is 0 Å². The van der Waals surface area contributed by atoms with Gasteiger partial charge in [-0.15, -0.1) is 0 Å². The minimum atomic E-state index is 0.183. The first-order chi connectivity index (χ1) is 9.24. The lowest BCUT2D eigenvalue weighted by Gasteiger charge is -2.06. The van der Waals surface area contributed by atoms with E-state index in [-0.39, 0.29) is 5.92 Å². The van der Waals surface area contributed by atoms with Gasteiger partial charge in [-0.1, -0.05) is 42.8 Å². The molecule has 0 aliphatic heterocycles.